The minimum atomic E-state index is -0.425. The summed E-state index contributed by atoms with van der Waals surface area (Å²) >= 11 is 1.15. The maximum Gasteiger partial charge on any atom is 0.228 e. The zero-order valence-corrected chi connectivity index (χ0v) is 11.5. The maximum atomic E-state index is 13.3. The number of thioether (sulfide) groups is 1. The Balaban J connectivity index is 2.25. The molecule has 102 valence electrons. The van der Waals surface area contributed by atoms with E-state index in [4.69, 9.17) is 4.74 Å². The molecule has 1 fully saturated rings. The fourth-order valence-electron chi connectivity index (χ4n) is 2.10. The first kappa shape index (κ1) is 13.9. The summed E-state index contributed by atoms with van der Waals surface area (Å²) in [7, 11) is 1.47. The fraction of sp³-hybridized carbons (Fsp3) is 0.385. The predicted octanol–water partition coefficient (Wildman–Crippen LogP) is 2.22. The van der Waals surface area contributed by atoms with Gasteiger partial charge in [-0.15, -0.1) is 0 Å². The first-order valence-corrected chi connectivity index (χ1v) is 6.70. The van der Waals surface area contributed by atoms with Gasteiger partial charge in [0.2, 0.25) is 5.91 Å². The van der Waals surface area contributed by atoms with Gasteiger partial charge in [-0.25, -0.2) is 4.39 Å². The Hall–Kier alpha value is -1.56. The van der Waals surface area contributed by atoms with Crippen molar-refractivity contribution in [2.24, 2.45) is 0 Å². The molecule has 0 radical (unpaired) electrons. The highest BCUT2D eigenvalue weighted by atomic mass is 32.2. The van der Waals surface area contributed by atoms with Gasteiger partial charge >= 0.3 is 0 Å². The largest absolute Gasteiger partial charge is 0.495 e. The van der Waals surface area contributed by atoms with E-state index >= 15 is 0 Å². The van der Waals surface area contributed by atoms with Crippen molar-refractivity contribution in [3.8, 4) is 5.75 Å². The number of rotatable bonds is 3. The van der Waals surface area contributed by atoms with Crippen LogP contribution in [0.5, 0.6) is 5.75 Å². The Morgan fingerprint density at radius 3 is 2.89 bits per heavy atom. The van der Waals surface area contributed by atoms with Crippen LogP contribution in [-0.4, -0.2) is 29.9 Å². The Labute approximate surface area is 114 Å². The molecule has 0 spiro atoms. The fourth-order valence-corrected chi connectivity index (χ4v) is 3.01. The van der Waals surface area contributed by atoms with Crippen molar-refractivity contribution in [2.45, 2.75) is 18.6 Å². The minimum absolute atomic E-state index is 0.0224. The number of anilines is 1. The summed E-state index contributed by atoms with van der Waals surface area (Å²) in [5, 5.41) is -0.108. The molecule has 0 aliphatic carbocycles. The predicted molar refractivity (Wildman–Crippen MR) is 72.0 cm³/mol. The topological polar surface area (TPSA) is 46.6 Å². The van der Waals surface area contributed by atoms with E-state index in [0.29, 0.717) is 18.0 Å². The molecule has 1 aliphatic rings. The molecule has 1 aromatic carbocycles. The molecule has 0 bridgehead atoms. The van der Waals surface area contributed by atoms with Gasteiger partial charge in [-0.1, -0.05) is 11.8 Å². The van der Waals surface area contributed by atoms with Gasteiger partial charge in [0.15, 0.2) is 5.12 Å². The zero-order chi connectivity index (χ0) is 14.0. The summed E-state index contributed by atoms with van der Waals surface area (Å²) in [5.41, 5.74) is 0.416. The molecule has 0 aromatic heterocycles. The van der Waals surface area contributed by atoms with Crippen LogP contribution in [0.15, 0.2) is 18.2 Å². The van der Waals surface area contributed by atoms with Gasteiger partial charge in [-0.05, 0) is 12.1 Å². The number of amides is 1. The first-order valence-electron chi connectivity index (χ1n) is 5.82. The van der Waals surface area contributed by atoms with Crippen molar-refractivity contribution in [1.82, 2.24) is 0 Å². The standard InChI is InChI=1S/C13H14FNO3S/c1-8(16)19-10-6-13(17)15(7-10)11-5-9(14)3-4-12(11)18-2/h3-5,10H,6-7H2,1-2H3. The third-order valence-corrected chi connectivity index (χ3v) is 3.83. The highest BCUT2D eigenvalue weighted by Crippen LogP contribution is 2.34. The number of nitrogens with zero attached hydrogens (tertiary/aromatic N) is 1. The number of hydrogen-bond acceptors (Lipinski definition) is 4. The Kier molecular flexibility index (Phi) is 4.09. The lowest BCUT2D eigenvalue weighted by Gasteiger charge is -2.19. The second-order valence-corrected chi connectivity index (χ2v) is 5.73. The molecule has 0 saturated carbocycles. The van der Waals surface area contributed by atoms with Crippen LogP contribution in [0.25, 0.3) is 0 Å². The molecule has 4 nitrogen and oxygen atoms in total. The average molecular weight is 283 g/mol. The van der Waals surface area contributed by atoms with Gasteiger partial charge in [0.05, 0.1) is 12.8 Å². The summed E-state index contributed by atoms with van der Waals surface area (Å²) in [6.45, 7) is 1.86. The molecule has 1 heterocycles. The third kappa shape index (κ3) is 3.07. The van der Waals surface area contributed by atoms with E-state index in [9.17, 15) is 14.0 Å². The van der Waals surface area contributed by atoms with E-state index in [1.807, 2.05) is 0 Å². The second-order valence-electron chi connectivity index (χ2n) is 4.26. The molecule has 1 aliphatic heterocycles. The second kappa shape index (κ2) is 5.61. The number of methoxy groups -OCH3 is 1. The van der Waals surface area contributed by atoms with Crippen LogP contribution < -0.4 is 9.64 Å². The van der Waals surface area contributed by atoms with Crippen LogP contribution in [0.2, 0.25) is 0 Å². The highest BCUT2D eigenvalue weighted by Gasteiger charge is 2.33. The maximum absolute atomic E-state index is 13.3. The molecule has 0 N–H and O–H groups in total. The van der Waals surface area contributed by atoms with Crippen molar-refractivity contribution >= 4 is 28.5 Å². The number of carbonyl (C=O) groups excluding carboxylic acids is 2. The van der Waals surface area contributed by atoms with Crippen LogP contribution in [0.4, 0.5) is 10.1 Å². The summed E-state index contributed by atoms with van der Waals surface area (Å²) in [5.74, 6) is -0.0999. The molecular formula is C13H14FNO3S. The average Bonchev–Trinajstić information content (AvgIpc) is 2.69. The summed E-state index contributed by atoms with van der Waals surface area (Å²) in [6.07, 6.45) is 0.282. The van der Waals surface area contributed by atoms with E-state index in [-0.39, 0.29) is 22.7 Å². The normalized spacial score (nSPS) is 18.8. The summed E-state index contributed by atoms with van der Waals surface area (Å²) < 4.78 is 18.5. The smallest absolute Gasteiger partial charge is 0.228 e. The van der Waals surface area contributed by atoms with Crippen LogP contribution >= 0.6 is 11.8 Å². The first-order chi connectivity index (χ1) is 9.01. The molecule has 1 unspecified atom stereocenters. The van der Waals surface area contributed by atoms with Gasteiger partial charge in [-0.2, -0.15) is 0 Å². The van der Waals surface area contributed by atoms with Crippen molar-refractivity contribution in [3.63, 3.8) is 0 Å². The van der Waals surface area contributed by atoms with Crippen molar-refractivity contribution < 1.29 is 18.7 Å². The third-order valence-electron chi connectivity index (χ3n) is 2.85. The Morgan fingerprint density at radius 1 is 1.53 bits per heavy atom. The Morgan fingerprint density at radius 2 is 2.26 bits per heavy atom. The molecule has 1 aromatic rings. The van der Waals surface area contributed by atoms with Gasteiger partial charge in [0.25, 0.3) is 0 Å². The van der Waals surface area contributed by atoms with Crippen molar-refractivity contribution in [1.29, 1.82) is 0 Å². The summed E-state index contributed by atoms with van der Waals surface area (Å²) in [4.78, 5) is 24.5. The van der Waals surface area contributed by atoms with Crippen molar-refractivity contribution in [2.75, 3.05) is 18.6 Å². The van der Waals surface area contributed by atoms with Crippen LogP contribution in [-0.2, 0) is 9.59 Å². The zero-order valence-electron chi connectivity index (χ0n) is 10.7. The monoisotopic (exact) mass is 283 g/mol. The molecule has 19 heavy (non-hydrogen) atoms. The number of benzene rings is 1. The van der Waals surface area contributed by atoms with E-state index < -0.39 is 5.82 Å². The summed E-state index contributed by atoms with van der Waals surface area (Å²) in [6, 6.07) is 4.05. The number of halogens is 1. The number of carbonyl (C=O) groups is 2. The molecule has 1 amide bonds. The van der Waals surface area contributed by atoms with Gasteiger partial charge in [-0.3, -0.25) is 9.59 Å². The quantitative estimate of drug-likeness (QED) is 0.853. The van der Waals surface area contributed by atoms with Crippen LogP contribution in [0.3, 0.4) is 0 Å². The molecular weight excluding hydrogens is 269 g/mol. The highest BCUT2D eigenvalue weighted by molar-refractivity contribution is 8.14. The van der Waals surface area contributed by atoms with E-state index in [0.717, 1.165) is 11.8 Å². The molecule has 1 saturated heterocycles. The SMILES string of the molecule is COc1ccc(F)cc1N1CC(SC(C)=O)CC1=O. The minimum Gasteiger partial charge on any atom is -0.495 e. The van der Waals surface area contributed by atoms with E-state index in [1.54, 1.807) is 0 Å². The Bertz CT molecular complexity index is 521. The molecule has 1 atom stereocenters. The van der Waals surface area contributed by atoms with Crippen molar-refractivity contribution in [3.05, 3.63) is 24.0 Å². The number of hydrogen-bond donors (Lipinski definition) is 0. The lowest BCUT2D eigenvalue weighted by atomic mass is 10.2. The lowest BCUT2D eigenvalue weighted by Crippen LogP contribution is -2.25. The van der Waals surface area contributed by atoms with Gasteiger partial charge < -0.3 is 9.64 Å². The van der Waals surface area contributed by atoms with Crippen LogP contribution in [0, 0.1) is 5.82 Å². The van der Waals surface area contributed by atoms with Crippen LogP contribution in [0.1, 0.15) is 13.3 Å². The number of ether oxygens (including phenoxy) is 1. The molecule has 6 heteroatoms. The molecule has 2 rings (SSSR count). The van der Waals surface area contributed by atoms with Gasteiger partial charge in [0.1, 0.15) is 11.6 Å². The lowest BCUT2D eigenvalue weighted by molar-refractivity contribution is -0.117. The van der Waals surface area contributed by atoms with E-state index in [1.165, 1.54) is 37.1 Å². The van der Waals surface area contributed by atoms with Gasteiger partial charge in [0, 0.05) is 31.2 Å². The van der Waals surface area contributed by atoms with E-state index in [2.05, 4.69) is 0 Å².